The van der Waals surface area contributed by atoms with Gasteiger partial charge in [0.1, 0.15) is 0 Å². The highest BCUT2D eigenvalue weighted by molar-refractivity contribution is 7.99. The molecular weight excluding hydrogens is 314 g/mol. The molecule has 7 nitrogen and oxygen atoms in total. The molecule has 2 heterocycles. The van der Waals surface area contributed by atoms with E-state index in [0.29, 0.717) is 11.7 Å². The number of tetrazole rings is 1. The first-order valence-electron chi connectivity index (χ1n) is 7.59. The van der Waals surface area contributed by atoms with Gasteiger partial charge in [-0.05, 0) is 42.3 Å². The molecule has 0 saturated carbocycles. The summed E-state index contributed by atoms with van der Waals surface area (Å²) < 4.78 is 7.12. The van der Waals surface area contributed by atoms with Gasteiger partial charge in [-0.2, -0.15) is 4.68 Å². The standard InChI is InChI=1S/C15H19N5O2S/c1-11-4-6-12(7-5-11)20-15(17-18-19-20)23-10-14(21)16-9-13-3-2-8-22-13/h4-7,13H,2-3,8-10H2,1H3,(H,16,21)/t13-/m1/s1. The summed E-state index contributed by atoms with van der Waals surface area (Å²) in [4.78, 5) is 11.9. The molecule has 1 aromatic heterocycles. The molecule has 1 fully saturated rings. The zero-order valence-corrected chi connectivity index (χ0v) is 13.8. The maximum Gasteiger partial charge on any atom is 0.230 e. The van der Waals surface area contributed by atoms with Crippen LogP contribution in [0.2, 0.25) is 0 Å². The largest absolute Gasteiger partial charge is 0.376 e. The number of carbonyl (C=O) groups excluding carboxylic acids is 1. The molecular formula is C15H19N5O2S. The summed E-state index contributed by atoms with van der Waals surface area (Å²) in [5, 5.41) is 15.2. The number of benzene rings is 1. The van der Waals surface area contributed by atoms with Gasteiger partial charge >= 0.3 is 0 Å². The lowest BCUT2D eigenvalue weighted by molar-refractivity contribution is -0.119. The molecule has 122 valence electrons. The molecule has 23 heavy (non-hydrogen) atoms. The summed E-state index contributed by atoms with van der Waals surface area (Å²) in [6.45, 7) is 3.39. The molecule has 1 aliphatic rings. The fourth-order valence-corrected chi connectivity index (χ4v) is 3.05. The number of hydrogen-bond acceptors (Lipinski definition) is 6. The van der Waals surface area contributed by atoms with Gasteiger partial charge in [0, 0.05) is 13.2 Å². The third-order valence-corrected chi connectivity index (χ3v) is 4.52. The summed E-state index contributed by atoms with van der Waals surface area (Å²) in [5.41, 5.74) is 2.05. The lowest BCUT2D eigenvalue weighted by Crippen LogP contribution is -2.32. The molecule has 1 N–H and O–H groups in total. The molecule has 0 unspecified atom stereocenters. The molecule has 0 bridgehead atoms. The Hall–Kier alpha value is -1.93. The van der Waals surface area contributed by atoms with Crippen LogP contribution in [0.1, 0.15) is 18.4 Å². The molecule has 0 spiro atoms. The third kappa shape index (κ3) is 4.29. The van der Waals surface area contributed by atoms with Crippen LogP contribution in [0.3, 0.4) is 0 Å². The van der Waals surface area contributed by atoms with E-state index >= 15 is 0 Å². The number of thioether (sulfide) groups is 1. The highest BCUT2D eigenvalue weighted by Crippen LogP contribution is 2.18. The van der Waals surface area contributed by atoms with Gasteiger partial charge in [0.2, 0.25) is 11.1 Å². The monoisotopic (exact) mass is 333 g/mol. The molecule has 1 amide bonds. The van der Waals surface area contributed by atoms with Crippen LogP contribution in [0.4, 0.5) is 0 Å². The van der Waals surface area contributed by atoms with Gasteiger partial charge in [-0.3, -0.25) is 4.79 Å². The van der Waals surface area contributed by atoms with Crippen molar-refractivity contribution in [2.24, 2.45) is 0 Å². The Labute approximate surface area is 138 Å². The number of carbonyl (C=O) groups is 1. The molecule has 1 atom stereocenters. The Morgan fingerprint density at radius 2 is 2.26 bits per heavy atom. The number of hydrogen-bond donors (Lipinski definition) is 1. The van der Waals surface area contributed by atoms with Gasteiger partial charge in [-0.25, -0.2) is 0 Å². The van der Waals surface area contributed by atoms with E-state index in [4.69, 9.17) is 4.74 Å². The molecule has 1 aliphatic heterocycles. The highest BCUT2D eigenvalue weighted by atomic mass is 32.2. The second-order valence-electron chi connectivity index (χ2n) is 5.44. The van der Waals surface area contributed by atoms with Crippen LogP contribution in [0.5, 0.6) is 0 Å². The number of nitrogens with one attached hydrogen (secondary N) is 1. The fourth-order valence-electron chi connectivity index (χ4n) is 2.33. The second-order valence-corrected chi connectivity index (χ2v) is 6.38. The smallest absolute Gasteiger partial charge is 0.230 e. The summed E-state index contributed by atoms with van der Waals surface area (Å²) in [6, 6.07) is 7.90. The lowest BCUT2D eigenvalue weighted by atomic mass is 10.2. The quantitative estimate of drug-likeness (QED) is 0.804. The van der Waals surface area contributed by atoms with E-state index in [1.807, 2.05) is 31.2 Å². The SMILES string of the molecule is Cc1ccc(-n2nnnc2SCC(=O)NC[C@H]2CCCO2)cc1. The average Bonchev–Trinajstić information content (AvgIpc) is 3.23. The van der Waals surface area contributed by atoms with Gasteiger partial charge in [0.15, 0.2) is 0 Å². The van der Waals surface area contributed by atoms with E-state index in [0.717, 1.165) is 25.1 Å². The van der Waals surface area contributed by atoms with Gasteiger partial charge < -0.3 is 10.1 Å². The Morgan fingerprint density at radius 1 is 1.43 bits per heavy atom. The van der Waals surface area contributed by atoms with Crippen molar-refractivity contribution in [3.63, 3.8) is 0 Å². The van der Waals surface area contributed by atoms with Crippen molar-refractivity contribution in [2.75, 3.05) is 18.9 Å². The van der Waals surface area contributed by atoms with Gasteiger partial charge in [-0.15, -0.1) is 5.10 Å². The molecule has 0 aliphatic carbocycles. The summed E-state index contributed by atoms with van der Waals surface area (Å²) in [5.74, 6) is 0.239. The van der Waals surface area contributed by atoms with E-state index in [9.17, 15) is 4.79 Å². The van der Waals surface area contributed by atoms with E-state index < -0.39 is 0 Å². The minimum Gasteiger partial charge on any atom is -0.376 e. The first-order valence-corrected chi connectivity index (χ1v) is 8.57. The predicted molar refractivity (Wildman–Crippen MR) is 86.6 cm³/mol. The van der Waals surface area contributed by atoms with E-state index in [-0.39, 0.29) is 17.8 Å². The Bertz CT molecular complexity index is 652. The van der Waals surface area contributed by atoms with Crippen LogP contribution in [-0.4, -0.2) is 51.1 Å². The number of rotatable bonds is 6. The van der Waals surface area contributed by atoms with Crippen molar-refractivity contribution < 1.29 is 9.53 Å². The number of ether oxygens (including phenoxy) is 1. The molecule has 0 radical (unpaired) electrons. The first kappa shape index (κ1) is 15.9. The van der Waals surface area contributed by atoms with Crippen LogP contribution >= 0.6 is 11.8 Å². The predicted octanol–water partition coefficient (Wildman–Crippen LogP) is 1.36. The van der Waals surface area contributed by atoms with E-state index in [1.165, 1.54) is 17.3 Å². The normalized spacial score (nSPS) is 17.3. The number of aryl methyl sites for hydroxylation is 1. The van der Waals surface area contributed by atoms with Gasteiger partial charge in [-0.1, -0.05) is 29.5 Å². The highest BCUT2D eigenvalue weighted by Gasteiger charge is 2.17. The summed E-state index contributed by atoms with van der Waals surface area (Å²) >= 11 is 1.32. The van der Waals surface area contributed by atoms with Crippen LogP contribution in [-0.2, 0) is 9.53 Å². The molecule has 1 saturated heterocycles. The van der Waals surface area contributed by atoms with Crippen LogP contribution in [0, 0.1) is 6.92 Å². The Kier molecular flexibility index (Phi) is 5.24. The first-order chi connectivity index (χ1) is 11.2. The number of amides is 1. The molecule has 3 rings (SSSR count). The van der Waals surface area contributed by atoms with Crippen LogP contribution in [0.15, 0.2) is 29.4 Å². The lowest BCUT2D eigenvalue weighted by Gasteiger charge is -2.10. The van der Waals surface area contributed by atoms with Crippen LogP contribution < -0.4 is 5.32 Å². The van der Waals surface area contributed by atoms with Crippen LogP contribution in [0.25, 0.3) is 5.69 Å². The zero-order chi connectivity index (χ0) is 16.1. The summed E-state index contributed by atoms with van der Waals surface area (Å²) in [6.07, 6.45) is 2.24. The maximum atomic E-state index is 11.9. The molecule has 1 aromatic carbocycles. The zero-order valence-electron chi connectivity index (χ0n) is 12.9. The van der Waals surface area contributed by atoms with Crippen molar-refractivity contribution in [3.8, 4) is 5.69 Å². The van der Waals surface area contributed by atoms with Gasteiger partial charge in [0.05, 0.1) is 17.5 Å². The minimum atomic E-state index is -0.0380. The molecule has 8 heteroatoms. The maximum absolute atomic E-state index is 11.9. The fraction of sp³-hybridized carbons (Fsp3) is 0.467. The second kappa shape index (κ2) is 7.56. The third-order valence-electron chi connectivity index (χ3n) is 3.60. The average molecular weight is 333 g/mol. The van der Waals surface area contributed by atoms with E-state index in [2.05, 4.69) is 20.8 Å². The Morgan fingerprint density at radius 3 is 3.00 bits per heavy atom. The van der Waals surface area contributed by atoms with Crippen molar-refractivity contribution >= 4 is 17.7 Å². The topological polar surface area (TPSA) is 81.9 Å². The Balaban J connectivity index is 1.53. The molecule has 2 aromatic rings. The van der Waals surface area contributed by atoms with E-state index in [1.54, 1.807) is 4.68 Å². The number of nitrogens with zero attached hydrogens (tertiary/aromatic N) is 4. The van der Waals surface area contributed by atoms with Crippen molar-refractivity contribution in [3.05, 3.63) is 29.8 Å². The van der Waals surface area contributed by atoms with Crippen molar-refractivity contribution in [2.45, 2.75) is 31.0 Å². The number of aromatic nitrogens is 4. The van der Waals surface area contributed by atoms with Gasteiger partial charge in [0.25, 0.3) is 0 Å². The summed E-state index contributed by atoms with van der Waals surface area (Å²) in [7, 11) is 0. The van der Waals surface area contributed by atoms with Crippen molar-refractivity contribution in [1.29, 1.82) is 0 Å². The minimum absolute atomic E-state index is 0.0380. The van der Waals surface area contributed by atoms with Crippen molar-refractivity contribution in [1.82, 2.24) is 25.5 Å².